The lowest BCUT2D eigenvalue weighted by Crippen LogP contribution is -2.36. The van der Waals surface area contributed by atoms with Gasteiger partial charge in [-0.15, -0.1) is 0 Å². The summed E-state index contributed by atoms with van der Waals surface area (Å²) in [5, 5.41) is 0. The van der Waals surface area contributed by atoms with Gasteiger partial charge < -0.3 is 19.3 Å². The molecule has 1 aromatic carbocycles. The van der Waals surface area contributed by atoms with Crippen LogP contribution >= 0.6 is 0 Å². The van der Waals surface area contributed by atoms with Crippen molar-refractivity contribution < 1.29 is 27.0 Å². The Labute approximate surface area is 199 Å². The highest BCUT2D eigenvalue weighted by Crippen LogP contribution is 2.39. The lowest BCUT2D eigenvalue weighted by atomic mass is 10.0. The van der Waals surface area contributed by atoms with Crippen LogP contribution in [-0.4, -0.2) is 70.9 Å². The number of ether oxygens (including phenoxy) is 2. The van der Waals surface area contributed by atoms with Gasteiger partial charge in [-0.05, 0) is 29.3 Å². The van der Waals surface area contributed by atoms with Crippen molar-refractivity contribution >= 4 is 20.0 Å². The molecule has 0 amide bonds. The van der Waals surface area contributed by atoms with Gasteiger partial charge in [0.05, 0.1) is 42.8 Å². The van der Waals surface area contributed by atoms with Gasteiger partial charge in [-0.25, -0.2) is 4.39 Å². The van der Waals surface area contributed by atoms with E-state index >= 15 is 0 Å². The van der Waals surface area contributed by atoms with Crippen molar-refractivity contribution in [2.24, 2.45) is 4.99 Å². The number of aliphatic imine (C=N–C) groups is 1. The van der Waals surface area contributed by atoms with Crippen molar-refractivity contribution in [2.45, 2.75) is 57.4 Å². The van der Waals surface area contributed by atoms with Crippen LogP contribution in [0.2, 0.25) is 25.7 Å². The molecule has 34 heavy (non-hydrogen) atoms. The van der Waals surface area contributed by atoms with Gasteiger partial charge in [0.25, 0.3) is 0 Å². The maximum Gasteiger partial charge on any atom is 0.414 e. The molecule has 0 aromatic heterocycles. The zero-order chi connectivity index (χ0) is 24.5. The standard InChI is InChI=1S/C24H33F4N3O2Si/c1-34(2,3)9-8-33-16-19-12-20(24(26,27)28)23(13-29-19)31-14-17-10-21(25)22(11-18(17)15-31)30-4-6-32-7-5-30/h10-11,13,19H,4-9,12,14-16H2,1-3H3. The Kier molecular flexibility index (Phi) is 7.40. The number of anilines is 1. The van der Waals surface area contributed by atoms with Crippen LogP contribution in [0.3, 0.4) is 0 Å². The topological polar surface area (TPSA) is 37.3 Å². The number of halogens is 4. The Hall–Kier alpha value is -1.91. The molecular weight excluding hydrogens is 466 g/mol. The monoisotopic (exact) mass is 499 g/mol. The molecule has 0 radical (unpaired) electrons. The van der Waals surface area contributed by atoms with E-state index in [1.807, 2.05) is 4.90 Å². The van der Waals surface area contributed by atoms with E-state index in [4.69, 9.17) is 9.47 Å². The molecule has 1 atom stereocenters. The molecule has 4 rings (SSSR count). The third kappa shape index (κ3) is 6.01. The van der Waals surface area contributed by atoms with Crippen molar-refractivity contribution in [3.05, 3.63) is 40.3 Å². The summed E-state index contributed by atoms with van der Waals surface area (Å²) < 4.78 is 67.8. The number of benzene rings is 1. The summed E-state index contributed by atoms with van der Waals surface area (Å²) in [6.45, 7) is 10.2. The minimum atomic E-state index is -4.46. The molecule has 10 heteroatoms. The van der Waals surface area contributed by atoms with Crippen molar-refractivity contribution in [1.29, 1.82) is 0 Å². The molecule has 3 aliphatic heterocycles. The maximum absolute atomic E-state index is 14.8. The molecule has 3 heterocycles. The second-order valence-electron chi connectivity index (χ2n) is 10.4. The minimum Gasteiger partial charge on any atom is -0.380 e. The summed E-state index contributed by atoms with van der Waals surface area (Å²) in [5.74, 6) is -0.347. The van der Waals surface area contributed by atoms with Crippen molar-refractivity contribution in [3.63, 3.8) is 0 Å². The smallest absolute Gasteiger partial charge is 0.380 e. The SMILES string of the molecule is C[Si](C)(C)CCOCC1CC(C(F)(F)F)=C(N2Cc3cc(F)c(N4CCOCC4)cc3C2)C=N1. The first-order chi connectivity index (χ1) is 16.0. The van der Waals surface area contributed by atoms with Gasteiger partial charge in [-0.3, -0.25) is 4.99 Å². The molecule has 1 unspecified atom stereocenters. The second-order valence-corrected chi connectivity index (χ2v) is 16.0. The van der Waals surface area contributed by atoms with Crippen LogP contribution in [-0.2, 0) is 22.6 Å². The summed E-state index contributed by atoms with van der Waals surface area (Å²) in [6.07, 6.45) is -3.33. The highest BCUT2D eigenvalue weighted by Gasteiger charge is 2.41. The van der Waals surface area contributed by atoms with E-state index in [1.54, 1.807) is 11.0 Å². The van der Waals surface area contributed by atoms with Crippen molar-refractivity contribution in [3.8, 4) is 0 Å². The van der Waals surface area contributed by atoms with Crippen LogP contribution in [0.1, 0.15) is 17.5 Å². The quantitative estimate of drug-likeness (QED) is 0.301. The predicted molar refractivity (Wildman–Crippen MR) is 128 cm³/mol. The number of morpholine rings is 1. The number of dihydropyridines is 1. The number of alkyl halides is 3. The lowest BCUT2D eigenvalue weighted by molar-refractivity contribution is -0.0970. The van der Waals surface area contributed by atoms with Gasteiger partial charge in [0.1, 0.15) is 5.82 Å². The molecule has 0 bridgehead atoms. The van der Waals surface area contributed by atoms with Gasteiger partial charge in [-0.1, -0.05) is 19.6 Å². The molecule has 1 saturated heterocycles. The fourth-order valence-electron chi connectivity index (χ4n) is 4.50. The van der Waals surface area contributed by atoms with Gasteiger partial charge in [0, 0.05) is 53.5 Å². The Bertz CT molecular complexity index is 953. The number of allylic oxidation sites excluding steroid dienone is 1. The van der Waals surface area contributed by atoms with Crippen LogP contribution < -0.4 is 4.90 Å². The average molecular weight is 500 g/mol. The van der Waals surface area contributed by atoms with Gasteiger partial charge in [0.15, 0.2) is 0 Å². The second kappa shape index (κ2) is 9.99. The largest absolute Gasteiger partial charge is 0.414 e. The fraction of sp³-hybridized carbons (Fsp3) is 0.625. The lowest BCUT2D eigenvalue weighted by Gasteiger charge is -2.29. The molecule has 5 nitrogen and oxygen atoms in total. The molecule has 0 saturated carbocycles. The molecule has 1 aromatic rings. The number of rotatable bonds is 7. The van der Waals surface area contributed by atoms with Crippen LogP contribution in [0.15, 0.2) is 28.4 Å². The van der Waals surface area contributed by atoms with E-state index in [1.165, 1.54) is 12.3 Å². The van der Waals surface area contributed by atoms with E-state index in [2.05, 4.69) is 24.6 Å². The zero-order valence-electron chi connectivity index (χ0n) is 20.1. The predicted octanol–water partition coefficient (Wildman–Crippen LogP) is 4.99. The summed E-state index contributed by atoms with van der Waals surface area (Å²) >= 11 is 0. The summed E-state index contributed by atoms with van der Waals surface area (Å²) in [7, 11) is -1.26. The molecule has 188 valence electrons. The highest BCUT2D eigenvalue weighted by molar-refractivity contribution is 6.76. The number of fused-ring (bicyclic) bond motifs is 1. The maximum atomic E-state index is 14.8. The zero-order valence-corrected chi connectivity index (χ0v) is 21.1. The molecule has 0 aliphatic carbocycles. The van der Waals surface area contributed by atoms with Gasteiger partial charge in [-0.2, -0.15) is 13.2 Å². The number of nitrogens with zero attached hydrogens (tertiary/aromatic N) is 3. The van der Waals surface area contributed by atoms with E-state index < -0.39 is 25.9 Å². The van der Waals surface area contributed by atoms with Gasteiger partial charge in [0.2, 0.25) is 0 Å². The molecule has 1 fully saturated rings. The normalized spacial score (nSPS) is 21.4. The number of hydrogen-bond donors (Lipinski definition) is 0. The van der Waals surface area contributed by atoms with Crippen LogP contribution in [0.5, 0.6) is 0 Å². The summed E-state index contributed by atoms with van der Waals surface area (Å²) in [5.41, 5.74) is 1.55. The summed E-state index contributed by atoms with van der Waals surface area (Å²) in [6, 6.07) is 3.66. The van der Waals surface area contributed by atoms with Gasteiger partial charge >= 0.3 is 6.18 Å². The fourth-order valence-corrected chi connectivity index (χ4v) is 5.26. The van der Waals surface area contributed by atoms with Crippen molar-refractivity contribution in [2.75, 3.05) is 44.4 Å². The third-order valence-corrected chi connectivity index (χ3v) is 8.19. The molecule has 3 aliphatic rings. The highest BCUT2D eigenvalue weighted by atomic mass is 28.3. The van der Waals surface area contributed by atoms with E-state index in [0.717, 1.165) is 11.6 Å². The van der Waals surface area contributed by atoms with E-state index in [-0.39, 0.29) is 31.1 Å². The third-order valence-electron chi connectivity index (χ3n) is 6.49. The van der Waals surface area contributed by atoms with E-state index in [0.29, 0.717) is 50.7 Å². The first-order valence-electron chi connectivity index (χ1n) is 11.8. The Morgan fingerprint density at radius 1 is 1.09 bits per heavy atom. The van der Waals surface area contributed by atoms with E-state index in [9.17, 15) is 17.6 Å². The van der Waals surface area contributed by atoms with Crippen LogP contribution in [0, 0.1) is 5.82 Å². The van der Waals surface area contributed by atoms with Crippen LogP contribution in [0.4, 0.5) is 23.2 Å². The first-order valence-corrected chi connectivity index (χ1v) is 15.5. The first kappa shape index (κ1) is 25.2. The Morgan fingerprint density at radius 2 is 1.76 bits per heavy atom. The molecule has 0 N–H and O–H groups in total. The number of hydrogen-bond acceptors (Lipinski definition) is 5. The van der Waals surface area contributed by atoms with Crippen LogP contribution in [0.25, 0.3) is 0 Å². The minimum absolute atomic E-state index is 0.0791. The summed E-state index contributed by atoms with van der Waals surface area (Å²) in [4.78, 5) is 7.97. The average Bonchev–Trinajstić information content (AvgIpc) is 3.18. The molecule has 0 spiro atoms. The van der Waals surface area contributed by atoms with Crippen molar-refractivity contribution in [1.82, 2.24) is 4.90 Å². The Balaban J connectivity index is 1.47. The Morgan fingerprint density at radius 3 is 2.41 bits per heavy atom. The molecular formula is C24H33F4N3O2Si.